The van der Waals surface area contributed by atoms with E-state index in [9.17, 15) is 0 Å². The standard InChI is InChI=1S/C14H10N2/c1-2-6-10-15-14-11-7-4-5-8-12(11)16-13(14)9-3-1/h1-10H/b2-1?,3-1-,6-2-,9-3?,10-6?,13-9+,15-10?,15-14?. The van der Waals surface area contributed by atoms with E-state index in [1.807, 2.05) is 48.6 Å². The van der Waals surface area contributed by atoms with Gasteiger partial charge in [-0.05, 0) is 18.2 Å². The molecule has 0 aromatic heterocycles. The SMILES string of the molecule is C1=NC2=c3ccccc3=N/C2=C/C=C\C=C/1. The average Bonchev–Trinajstić information content (AvgIpc) is 2.69. The molecule has 2 aliphatic rings. The number of nitrogens with zero attached hydrogens (tertiary/aromatic N) is 2. The first-order valence-corrected chi connectivity index (χ1v) is 5.21. The first kappa shape index (κ1) is 9.04. The van der Waals surface area contributed by atoms with Crippen LogP contribution in [0.25, 0.3) is 5.70 Å². The van der Waals surface area contributed by atoms with E-state index in [0.717, 1.165) is 22.0 Å². The molecule has 1 aromatic carbocycles. The number of fused-ring (bicyclic) bond motifs is 2. The predicted molar refractivity (Wildman–Crippen MR) is 65.5 cm³/mol. The Morgan fingerprint density at radius 1 is 0.875 bits per heavy atom. The van der Waals surface area contributed by atoms with Crippen molar-refractivity contribution in [1.82, 2.24) is 0 Å². The minimum absolute atomic E-state index is 0.928. The Kier molecular flexibility index (Phi) is 2.11. The van der Waals surface area contributed by atoms with Gasteiger partial charge >= 0.3 is 0 Å². The third-order valence-electron chi connectivity index (χ3n) is 2.52. The molecule has 2 heteroatoms. The Morgan fingerprint density at radius 2 is 1.75 bits per heavy atom. The molecule has 2 aliphatic heterocycles. The van der Waals surface area contributed by atoms with Crippen molar-refractivity contribution in [3.8, 4) is 0 Å². The summed E-state index contributed by atoms with van der Waals surface area (Å²) >= 11 is 0. The molecule has 1 aromatic rings. The summed E-state index contributed by atoms with van der Waals surface area (Å²) in [5.74, 6) is 0. The fraction of sp³-hybridized carbons (Fsp3) is 0. The molecule has 0 atom stereocenters. The number of hydrogen-bond donors (Lipinski definition) is 0. The molecule has 2 heterocycles. The lowest BCUT2D eigenvalue weighted by atomic mass is 10.2. The topological polar surface area (TPSA) is 24.7 Å². The highest BCUT2D eigenvalue weighted by Crippen LogP contribution is 2.15. The van der Waals surface area contributed by atoms with Crippen LogP contribution in [-0.4, -0.2) is 6.21 Å². The van der Waals surface area contributed by atoms with E-state index in [1.54, 1.807) is 6.21 Å². The quantitative estimate of drug-likeness (QED) is 0.614. The third kappa shape index (κ3) is 1.44. The van der Waals surface area contributed by atoms with Gasteiger partial charge in [0.2, 0.25) is 0 Å². The van der Waals surface area contributed by atoms with Crippen molar-refractivity contribution in [3.05, 3.63) is 70.9 Å². The van der Waals surface area contributed by atoms with Crippen LogP contribution in [0.3, 0.4) is 0 Å². The van der Waals surface area contributed by atoms with Gasteiger partial charge in [-0.25, -0.2) is 4.99 Å². The summed E-state index contributed by atoms with van der Waals surface area (Å²) in [5.41, 5.74) is 1.88. The van der Waals surface area contributed by atoms with Crippen LogP contribution in [0, 0.1) is 0 Å². The second-order valence-electron chi connectivity index (χ2n) is 3.58. The number of hydrogen-bond acceptors (Lipinski definition) is 2. The van der Waals surface area contributed by atoms with E-state index in [2.05, 4.69) is 16.1 Å². The van der Waals surface area contributed by atoms with Gasteiger partial charge in [-0.1, -0.05) is 36.4 Å². The van der Waals surface area contributed by atoms with E-state index in [0.29, 0.717) is 0 Å². The molecule has 0 unspecified atom stereocenters. The van der Waals surface area contributed by atoms with E-state index < -0.39 is 0 Å². The molecule has 0 N–H and O–H groups in total. The second kappa shape index (κ2) is 3.74. The smallest absolute Gasteiger partial charge is 0.0980 e. The van der Waals surface area contributed by atoms with Crippen LogP contribution in [0.1, 0.15) is 0 Å². The van der Waals surface area contributed by atoms with Gasteiger partial charge in [-0.15, -0.1) is 0 Å². The van der Waals surface area contributed by atoms with Crippen molar-refractivity contribution in [3.63, 3.8) is 0 Å². The van der Waals surface area contributed by atoms with Crippen LogP contribution in [0.15, 0.2) is 70.3 Å². The molecule has 16 heavy (non-hydrogen) atoms. The first-order chi connectivity index (χ1) is 7.95. The predicted octanol–water partition coefficient (Wildman–Crippen LogP) is 1.51. The van der Waals surface area contributed by atoms with Gasteiger partial charge in [-0.2, -0.15) is 0 Å². The second-order valence-corrected chi connectivity index (χ2v) is 3.58. The van der Waals surface area contributed by atoms with Gasteiger partial charge in [0.05, 0.1) is 16.8 Å². The molecule has 76 valence electrons. The maximum atomic E-state index is 4.55. The van der Waals surface area contributed by atoms with Gasteiger partial charge in [0.1, 0.15) is 0 Å². The van der Waals surface area contributed by atoms with Crippen LogP contribution in [0.4, 0.5) is 0 Å². The zero-order valence-electron chi connectivity index (χ0n) is 8.67. The lowest BCUT2D eigenvalue weighted by Gasteiger charge is -1.94. The fourth-order valence-corrected chi connectivity index (χ4v) is 1.79. The van der Waals surface area contributed by atoms with Crippen LogP contribution in [-0.2, 0) is 0 Å². The average molecular weight is 206 g/mol. The summed E-state index contributed by atoms with van der Waals surface area (Å²) in [7, 11) is 0. The highest BCUT2D eigenvalue weighted by molar-refractivity contribution is 5.80. The van der Waals surface area contributed by atoms with Crippen molar-refractivity contribution in [1.29, 1.82) is 0 Å². The Hall–Kier alpha value is -2.22. The van der Waals surface area contributed by atoms with E-state index >= 15 is 0 Å². The molecule has 0 bridgehead atoms. The van der Waals surface area contributed by atoms with Crippen LogP contribution >= 0.6 is 0 Å². The molecule has 0 radical (unpaired) electrons. The molecule has 0 spiro atoms. The molecule has 0 amide bonds. The van der Waals surface area contributed by atoms with Gasteiger partial charge in [0.25, 0.3) is 0 Å². The van der Waals surface area contributed by atoms with Crippen molar-refractivity contribution < 1.29 is 0 Å². The van der Waals surface area contributed by atoms with Gasteiger partial charge in [0, 0.05) is 11.4 Å². The van der Waals surface area contributed by atoms with Crippen LogP contribution < -0.4 is 10.6 Å². The zero-order valence-corrected chi connectivity index (χ0v) is 8.67. The zero-order chi connectivity index (χ0) is 10.8. The van der Waals surface area contributed by atoms with Gasteiger partial charge in [-0.3, -0.25) is 4.99 Å². The monoisotopic (exact) mass is 206 g/mol. The van der Waals surface area contributed by atoms with Crippen molar-refractivity contribution >= 4 is 11.9 Å². The lowest BCUT2D eigenvalue weighted by molar-refractivity contribution is 1.31. The Labute approximate surface area is 93.4 Å². The number of benzene rings is 1. The summed E-state index contributed by atoms with van der Waals surface area (Å²) < 4.78 is 0. The van der Waals surface area contributed by atoms with E-state index in [4.69, 9.17) is 0 Å². The first-order valence-electron chi connectivity index (χ1n) is 5.21. The van der Waals surface area contributed by atoms with Gasteiger partial charge in [0.15, 0.2) is 0 Å². The normalized spacial score (nSPS) is 24.0. The molecule has 0 saturated heterocycles. The molecular formula is C14H10N2. The fourth-order valence-electron chi connectivity index (χ4n) is 1.79. The lowest BCUT2D eigenvalue weighted by Crippen LogP contribution is -2.21. The van der Waals surface area contributed by atoms with Crippen LogP contribution in [0.5, 0.6) is 0 Å². The summed E-state index contributed by atoms with van der Waals surface area (Å²) in [5, 5.41) is 2.10. The van der Waals surface area contributed by atoms with Gasteiger partial charge < -0.3 is 0 Å². The van der Waals surface area contributed by atoms with Crippen molar-refractivity contribution in [2.24, 2.45) is 9.98 Å². The number of para-hydroxylation sites is 1. The van der Waals surface area contributed by atoms with Crippen LogP contribution in [0.2, 0.25) is 0 Å². The highest BCUT2D eigenvalue weighted by Gasteiger charge is 2.10. The largest absolute Gasteiger partial charge is 0.254 e. The third-order valence-corrected chi connectivity index (χ3v) is 2.52. The number of allylic oxidation sites excluding steroid dienone is 5. The minimum Gasteiger partial charge on any atom is -0.254 e. The maximum Gasteiger partial charge on any atom is 0.0980 e. The van der Waals surface area contributed by atoms with Crippen molar-refractivity contribution in [2.75, 3.05) is 0 Å². The summed E-state index contributed by atoms with van der Waals surface area (Å²) in [6.07, 6.45) is 11.6. The summed E-state index contributed by atoms with van der Waals surface area (Å²) in [6, 6.07) is 8.07. The number of rotatable bonds is 0. The molecule has 0 saturated carbocycles. The Balaban J connectivity index is 2.35. The molecule has 2 nitrogen and oxygen atoms in total. The number of aliphatic imine (C=N–C) groups is 1. The molecule has 0 fully saturated rings. The maximum absolute atomic E-state index is 4.55. The molecular weight excluding hydrogens is 196 g/mol. The molecule has 0 aliphatic carbocycles. The van der Waals surface area contributed by atoms with E-state index in [-0.39, 0.29) is 0 Å². The van der Waals surface area contributed by atoms with Crippen molar-refractivity contribution in [2.45, 2.75) is 0 Å². The summed E-state index contributed by atoms with van der Waals surface area (Å²) in [4.78, 5) is 9.00. The highest BCUT2D eigenvalue weighted by atomic mass is 14.9. The van der Waals surface area contributed by atoms with E-state index in [1.165, 1.54) is 0 Å². The Bertz CT molecular complexity index is 658. The minimum atomic E-state index is 0.928. The Morgan fingerprint density at radius 3 is 2.75 bits per heavy atom. The molecule has 3 rings (SSSR count). The summed E-state index contributed by atoms with van der Waals surface area (Å²) in [6.45, 7) is 0.